The first-order valence-corrected chi connectivity index (χ1v) is 10.6. The highest BCUT2D eigenvalue weighted by atomic mass is 16.6. The van der Waals surface area contributed by atoms with E-state index in [0.717, 1.165) is 55.2 Å². The van der Waals surface area contributed by atoms with E-state index in [1.165, 1.54) is 0 Å². The molecule has 30 heavy (non-hydrogen) atoms. The number of imidazole rings is 1. The van der Waals surface area contributed by atoms with Crippen LogP contribution < -0.4 is 19.1 Å². The molecule has 0 saturated carbocycles. The molecule has 2 aliphatic heterocycles. The van der Waals surface area contributed by atoms with Gasteiger partial charge in [0, 0.05) is 19.6 Å². The molecule has 158 valence electrons. The molecular weight excluding hydrogens is 380 g/mol. The smallest absolute Gasteiger partial charge is 0.205 e. The van der Waals surface area contributed by atoms with Gasteiger partial charge in [-0.05, 0) is 50.1 Å². The fourth-order valence-electron chi connectivity index (χ4n) is 4.38. The lowest BCUT2D eigenvalue weighted by Crippen LogP contribution is -2.47. The number of likely N-dealkylation sites (N-methyl/N-ethyl adjacent to an activating group) is 1. The maximum atomic E-state index is 6.23. The van der Waals surface area contributed by atoms with Crippen molar-refractivity contribution in [2.75, 3.05) is 45.3 Å². The number of piperidine rings is 1. The highest BCUT2D eigenvalue weighted by molar-refractivity contribution is 5.77. The first-order valence-electron chi connectivity index (χ1n) is 10.6. The molecule has 0 bridgehead atoms. The number of aromatic amines is 1. The number of hydrogen-bond donors (Lipinski definition) is 1. The minimum Gasteiger partial charge on any atom is -0.493 e. The van der Waals surface area contributed by atoms with Gasteiger partial charge < -0.3 is 24.1 Å². The number of hydrogen-bond acceptors (Lipinski definition) is 6. The van der Waals surface area contributed by atoms with Crippen molar-refractivity contribution < 1.29 is 14.2 Å². The largest absolute Gasteiger partial charge is 0.493 e. The van der Waals surface area contributed by atoms with Gasteiger partial charge in [0.2, 0.25) is 11.7 Å². The fraction of sp³-hybridized carbons (Fsp3) is 0.435. The summed E-state index contributed by atoms with van der Waals surface area (Å²) in [5, 5.41) is 0. The topological polar surface area (TPSA) is 62.9 Å². The normalized spacial score (nSPS) is 19.4. The Balaban J connectivity index is 1.17. The molecule has 1 unspecified atom stereocenters. The quantitative estimate of drug-likeness (QED) is 0.697. The minimum absolute atomic E-state index is 0.109. The van der Waals surface area contributed by atoms with Crippen molar-refractivity contribution in [3.8, 4) is 17.2 Å². The molecule has 2 aromatic carbocycles. The van der Waals surface area contributed by atoms with Crippen LogP contribution >= 0.6 is 0 Å². The van der Waals surface area contributed by atoms with Crippen LogP contribution in [-0.4, -0.2) is 61.5 Å². The molecule has 0 amide bonds. The zero-order valence-corrected chi connectivity index (χ0v) is 17.5. The first kappa shape index (κ1) is 19.1. The predicted octanol–water partition coefficient (Wildman–Crippen LogP) is 3.52. The van der Waals surface area contributed by atoms with Crippen LogP contribution in [0.25, 0.3) is 11.0 Å². The number of H-pyrrole nitrogens is 1. The molecule has 1 atom stereocenters. The number of nitrogens with zero attached hydrogens (tertiary/aromatic N) is 3. The van der Waals surface area contributed by atoms with Crippen LogP contribution in [0.4, 0.5) is 5.95 Å². The van der Waals surface area contributed by atoms with Gasteiger partial charge >= 0.3 is 0 Å². The number of para-hydroxylation sites is 3. The summed E-state index contributed by atoms with van der Waals surface area (Å²) in [4.78, 5) is 12.8. The minimum atomic E-state index is -0.109. The number of anilines is 1. The number of nitrogens with one attached hydrogen (secondary N) is 1. The van der Waals surface area contributed by atoms with Crippen LogP contribution in [0, 0.1) is 5.92 Å². The third-order valence-corrected chi connectivity index (χ3v) is 6.13. The summed E-state index contributed by atoms with van der Waals surface area (Å²) < 4.78 is 17.6. The van der Waals surface area contributed by atoms with Gasteiger partial charge in [0.05, 0.1) is 18.1 Å². The lowest BCUT2D eigenvalue weighted by Gasteiger charge is -2.37. The van der Waals surface area contributed by atoms with E-state index < -0.39 is 0 Å². The second-order valence-corrected chi connectivity index (χ2v) is 8.12. The molecule has 1 N–H and O–H groups in total. The van der Waals surface area contributed by atoms with Gasteiger partial charge in [-0.25, -0.2) is 4.98 Å². The van der Waals surface area contributed by atoms with Gasteiger partial charge in [0.1, 0.15) is 6.61 Å². The molecule has 1 aromatic heterocycles. The second kappa shape index (κ2) is 8.07. The first-order chi connectivity index (χ1) is 14.7. The highest BCUT2D eigenvalue weighted by Crippen LogP contribution is 2.40. The molecule has 5 rings (SSSR count). The van der Waals surface area contributed by atoms with Gasteiger partial charge in [-0.3, -0.25) is 4.90 Å². The van der Waals surface area contributed by atoms with Crippen LogP contribution in [0.3, 0.4) is 0 Å². The summed E-state index contributed by atoms with van der Waals surface area (Å²) in [6.07, 6.45) is 2.16. The lowest BCUT2D eigenvalue weighted by molar-refractivity contribution is -0.0250. The van der Waals surface area contributed by atoms with E-state index in [1.807, 2.05) is 30.3 Å². The van der Waals surface area contributed by atoms with Crippen molar-refractivity contribution in [2.45, 2.75) is 19.1 Å². The van der Waals surface area contributed by atoms with E-state index in [2.05, 4.69) is 34.0 Å². The molecule has 7 heteroatoms. The molecule has 0 aliphatic carbocycles. The van der Waals surface area contributed by atoms with E-state index in [4.69, 9.17) is 19.2 Å². The maximum Gasteiger partial charge on any atom is 0.205 e. The molecule has 2 aliphatic rings. The average molecular weight is 409 g/mol. The van der Waals surface area contributed by atoms with Crippen molar-refractivity contribution in [3.63, 3.8) is 0 Å². The van der Waals surface area contributed by atoms with Crippen molar-refractivity contribution >= 4 is 17.0 Å². The van der Waals surface area contributed by atoms with Crippen LogP contribution in [0.2, 0.25) is 0 Å². The van der Waals surface area contributed by atoms with E-state index in [-0.39, 0.29) is 6.23 Å². The van der Waals surface area contributed by atoms with Crippen molar-refractivity contribution in [1.29, 1.82) is 0 Å². The van der Waals surface area contributed by atoms with Crippen LogP contribution in [0.5, 0.6) is 17.2 Å². The van der Waals surface area contributed by atoms with Crippen LogP contribution in [-0.2, 0) is 0 Å². The standard InChI is InChI=1S/C23H28N4O3/c1-26(21-15-29-20-9-5-8-19(28-2)22(20)30-21)14-16-10-12-27(13-11-16)23-24-17-6-3-4-7-18(17)25-23/h3-9,16,21H,10-15H2,1-2H3,(H,24,25). The molecule has 0 radical (unpaired) electrons. The highest BCUT2D eigenvalue weighted by Gasteiger charge is 2.30. The Morgan fingerprint density at radius 1 is 1.17 bits per heavy atom. The van der Waals surface area contributed by atoms with Crippen molar-refractivity contribution in [2.24, 2.45) is 5.92 Å². The number of rotatable bonds is 5. The summed E-state index contributed by atoms with van der Waals surface area (Å²) in [6.45, 7) is 3.52. The van der Waals surface area contributed by atoms with Crippen molar-refractivity contribution in [3.05, 3.63) is 42.5 Å². The summed E-state index contributed by atoms with van der Waals surface area (Å²) >= 11 is 0. The molecule has 3 aromatic rings. The Hall–Kier alpha value is -2.93. The average Bonchev–Trinajstić information content (AvgIpc) is 3.23. The second-order valence-electron chi connectivity index (χ2n) is 8.12. The number of benzene rings is 2. The summed E-state index contributed by atoms with van der Waals surface area (Å²) in [6, 6.07) is 13.9. The summed E-state index contributed by atoms with van der Waals surface area (Å²) in [5.41, 5.74) is 2.12. The van der Waals surface area contributed by atoms with Gasteiger partial charge in [-0.1, -0.05) is 18.2 Å². The van der Waals surface area contributed by atoms with E-state index in [0.29, 0.717) is 24.0 Å². The van der Waals surface area contributed by atoms with Crippen LogP contribution in [0.1, 0.15) is 12.8 Å². The predicted molar refractivity (Wildman–Crippen MR) is 117 cm³/mol. The Morgan fingerprint density at radius 3 is 2.80 bits per heavy atom. The third-order valence-electron chi connectivity index (χ3n) is 6.13. The SMILES string of the molecule is COc1cccc2c1OC(N(C)CC1CCN(c3nc4ccccc4[nH]3)CC1)CO2. The summed E-state index contributed by atoms with van der Waals surface area (Å²) in [7, 11) is 3.77. The van der Waals surface area contributed by atoms with Gasteiger partial charge in [-0.15, -0.1) is 0 Å². The number of ether oxygens (including phenoxy) is 3. The molecular formula is C23H28N4O3. The van der Waals surface area contributed by atoms with Gasteiger partial charge in [0.15, 0.2) is 17.7 Å². The monoisotopic (exact) mass is 408 g/mol. The van der Waals surface area contributed by atoms with E-state index in [1.54, 1.807) is 7.11 Å². The van der Waals surface area contributed by atoms with Crippen LogP contribution in [0.15, 0.2) is 42.5 Å². The molecule has 1 fully saturated rings. The zero-order valence-electron chi connectivity index (χ0n) is 17.5. The van der Waals surface area contributed by atoms with Crippen molar-refractivity contribution in [1.82, 2.24) is 14.9 Å². The molecule has 1 saturated heterocycles. The maximum absolute atomic E-state index is 6.23. The fourth-order valence-corrected chi connectivity index (χ4v) is 4.38. The Bertz CT molecular complexity index is 965. The number of methoxy groups -OCH3 is 1. The Morgan fingerprint density at radius 2 is 2.00 bits per heavy atom. The van der Waals surface area contributed by atoms with E-state index in [9.17, 15) is 0 Å². The number of aromatic nitrogens is 2. The van der Waals surface area contributed by atoms with Gasteiger partial charge in [-0.2, -0.15) is 0 Å². The van der Waals surface area contributed by atoms with Gasteiger partial charge in [0.25, 0.3) is 0 Å². The Labute approximate surface area is 176 Å². The Kier molecular flexibility index (Phi) is 5.12. The zero-order chi connectivity index (χ0) is 20.5. The lowest BCUT2D eigenvalue weighted by atomic mass is 9.96. The molecule has 7 nitrogen and oxygen atoms in total. The molecule has 0 spiro atoms. The number of fused-ring (bicyclic) bond motifs is 2. The summed E-state index contributed by atoms with van der Waals surface area (Å²) in [5.74, 6) is 3.76. The third kappa shape index (κ3) is 3.65. The molecule has 3 heterocycles. The van der Waals surface area contributed by atoms with E-state index >= 15 is 0 Å².